The van der Waals surface area contributed by atoms with Crippen LogP contribution in [0.15, 0.2) is 34.6 Å². The number of alkyl halides is 2. The number of aromatic nitrogens is 1. The van der Waals surface area contributed by atoms with Gasteiger partial charge in [-0.05, 0) is 31.5 Å². The maximum absolute atomic E-state index is 12.3. The van der Waals surface area contributed by atoms with Gasteiger partial charge in [0.2, 0.25) is 0 Å². The smallest absolute Gasteiger partial charge is 0.387 e. The van der Waals surface area contributed by atoms with Gasteiger partial charge in [-0.15, -0.1) is 35.3 Å². The number of ether oxygens (including phenoxy) is 1. The zero-order valence-corrected chi connectivity index (χ0v) is 18.1. The van der Waals surface area contributed by atoms with Gasteiger partial charge in [0, 0.05) is 19.0 Å². The minimum absolute atomic E-state index is 0. The van der Waals surface area contributed by atoms with Gasteiger partial charge in [0.15, 0.2) is 5.96 Å². The normalized spacial score (nSPS) is 11.2. The van der Waals surface area contributed by atoms with Gasteiger partial charge < -0.3 is 15.0 Å². The summed E-state index contributed by atoms with van der Waals surface area (Å²) in [5.41, 5.74) is 1.79. The van der Waals surface area contributed by atoms with Crippen LogP contribution in [0.4, 0.5) is 8.78 Å². The van der Waals surface area contributed by atoms with Crippen LogP contribution < -0.4 is 10.1 Å². The molecule has 0 saturated heterocycles. The standard InChI is InChI=1S/C17H22F2N4OS.HI/c1-4-20-17(23(3)10-14-11-25-12(2)22-14)21-9-13-6-5-7-15(8-13)24-16(18)19;/h5-8,11,16H,4,9-10H2,1-3H3,(H,20,21);1H. The number of aliphatic imine (C=N–C) groups is 1. The first-order valence-electron chi connectivity index (χ1n) is 7.92. The molecule has 1 aromatic carbocycles. The molecular formula is C17H23F2IN4OS. The molecule has 0 amide bonds. The highest BCUT2D eigenvalue weighted by molar-refractivity contribution is 14.0. The first-order valence-corrected chi connectivity index (χ1v) is 8.80. The van der Waals surface area contributed by atoms with Crippen LogP contribution in [-0.2, 0) is 13.1 Å². The lowest BCUT2D eigenvalue weighted by molar-refractivity contribution is -0.0498. The molecular weight excluding hydrogens is 473 g/mol. The number of nitrogens with zero attached hydrogens (tertiary/aromatic N) is 3. The fourth-order valence-corrected chi connectivity index (χ4v) is 2.86. The zero-order valence-electron chi connectivity index (χ0n) is 14.9. The summed E-state index contributed by atoms with van der Waals surface area (Å²) in [5.74, 6) is 0.868. The molecule has 2 rings (SSSR count). The molecule has 0 radical (unpaired) electrons. The third kappa shape index (κ3) is 7.40. The van der Waals surface area contributed by atoms with Crippen molar-refractivity contribution in [1.82, 2.24) is 15.2 Å². The molecule has 2 aromatic rings. The largest absolute Gasteiger partial charge is 0.435 e. The second-order valence-corrected chi connectivity index (χ2v) is 6.47. The van der Waals surface area contributed by atoms with Crippen LogP contribution in [0.2, 0.25) is 0 Å². The van der Waals surface area contributed by atoms with Crippen LogP contribution in [0.1, 0.15) is 23.2 Å². The monoisotopic (exact) mass is 496 g/mol. The fraction of sp³-hybridized carbons (Fsp3) is 0.412. The molecule has 144 valence electrons. The Bertz CT molecular complexity index is 712. The molecule has 0 fully saturated rings. The Morgan fingerprint density at radius 3 is 2.81 bits per heavy atom. The fourth-order valence-electron chi connectivity index (χ4n) is 2.25. The molecule has 0 aliphatic rings. The Hall–Kier alpha value is -1.49. The van der Waals surface area contributed by atoms with Crippen LogP contribution in [0.5, 0.6) is 5.75 Å². The minimum Gasteiger partial charge on any atom is -0.435 e. The molecule has 0 aliphatic carbocycles. The van der Waals surface area contributed by atoms with Gasteiger partial charge in [-0.25, -0.2) is 9.98 Å². The molecule has 0 saturated carbocycles. The summed E-state index contributed by atoms with van der Waals surface area (Å²) in [7, 11) is 1.94. The molecule has 0 bridgehead atoms. The lowest BCUT2D eigenvalue weighted by Gasteiger charge is -2.21. The Morgan fingerprint density at radius 2 is 2.19 bits per heavy atom. The van der Waals surface area contributed by atoms with E-state index in [9.17, 15) is 8.78 Å². The first kappa shape index (κ1) is 22.6. The summed E-state index contributed by atoms with van der Waals surface area (Å²) in [5, 5.41) is 6.28. The third-order valence-electron chi connectivity index (χ3n) is 3.30. The van der Waals surface area contributed by atoms with Crippen LogP contribution >= 0.6 is 35.3 Å². The van der Waals surface area contributed by atoms with Gasteiger partial charge in [0.1, 0.15) is 5.75 Å². The third-order valence-corrected chi connectivity index (χ3v) is 4.12. The Morgan fingerprint density at radius 1 is 1.42 bits per heavy atom. The summed E-state index contributed by atoms with van der Waals surface area (Å²) in [6.07, 6.45) is 0. The predicted octanol–water partition coefficient (Wildman–Crippen LogP) is 4.27. The van der Waals surface area contributed by atoms with Crippen molar-refractivity contribution >= 4 is 41.3 Å². The average molecular weight is 496 g/mol. The van der Waals surface area contributed by atoms with Crippen molar-refractivity contribution in [3.8, 4) is 5.75 Å². The lowest BCUT2D eigenvalue weighted by Crippen LogP contribution is -2.38. The van der Waals surface area contributed by atoms with Crippen molar-refractivity contribution in [2.75, 3.05) is 13.6 Å². The summed E-state index contributed by atoms with van der Waals surface area (Å²) in [6, 6.07) is 6.58. The van der Waals surface area contributed by atoms with Crippen molar-refractivity contribution in [3.05, 3.63) is 45.9 Å². The molecule has 26 heavy (non-hydrogen) atoms. The lowest BCUT2D eigenvalue weighted by atomic mass is 10.2. The summed E-state index contributed by atoms with van der Waals surface area (Å²) < 4.78 is 29.0. The maximum atomic E-state index is 12.3. The van der Waals surface area contributed by atoms with E-state index in [0.29, 0.717) is 13.1 Å². The van der Waals surface area contributed by atoms with Gasteiger partial charge in [-0.3, -0.25) is 0 Å². The Labute approximate surface area is 173 Å². The highest BCUT2D eigenvalue weighted by Gasteiger charge is 2.09. The van der Waals surface area contributed by atoms with E-state index < -0.39 is 6.61 Å². The molecule has 1 heterocycles. The maximum Gasteiger partial charge on any atom is 0.387 e. The van der Waals surface area contributed by atoms with Crippen LogP contribution in [0.3, 0.4) is 0 Å². The number of hydrogen-bond acceptors (Lipinski definition) is 4. The average Bonchev–Trinajstić information content (AvgIpc) is 2.96. The summed E-state index contributed by atoms with van der Waals surface area (Å²) in [4.78, 5) is 11.0. The zero-order chi connectivity index (χ0) is 18.2. The minimum atomic E-state index is -2.83. The van der Waals surface area contributed by atoms with E-state index in [1.54, 1.807) is 23.5 Å². The van der Waals surface area contributed by atoms with E-state index in [2.05, 4.69) is 20.0 Å². The van der Waals surface area contributed by atoms with Crippen molar-refractivity contribution in [1.29, 1.82) is 0 Å². The van der Waals surface area contributed by atoms with E-state index in [1.807, 2.05) is 37.2 Å². The molecule has 9 heteroatoms. The quantitative estimate of drug-likeness (QED) is 0.354. The van der Waals surface area contributed by atoms with E-state index >= 15 is 0 Å². The predicted molar refractivity (Wildman–Crippen MR) is 112 cm³/mol. The van der Waals surface area contributed by atoms with Gasteiger partial charge in [-0.2, -0.15) is 8.78 Å². The SMILES string of the molecule is CCNC(=NCc1cccc(OC(F)F)c1)N(C)Cc1csc(C)n1.I. The number of guanidine groups is 1. The Kier molecular flexibility index (Phi) is 9.78. The number of rotatable bonds is 7. The Balaban J connectivity index is 0.00000338. The van der Waals surface area contributed by atoms with Gasteiger partial charge in [0.05, 0.1) is 23.8 Å². The van der Waals surface area contributed by atoms with E-state index in [-0.39, 0.29) is 29.7 Å². The van der Waals surface area contributed by atoms with Crippen molar-refractivity contribution < 1.29 is 13.5 Å². The van der Waals surface area contributed by atoms with Crippen molar-refractivity contribution in [2.24, 2.45) is 4.99 Å². The molecule has 5 nitrogen and oxygen atoms in total. The number of aryl methyl sites for hydroxylation is 1. The van der Waals surface area contributed by atoms with E-state index in [1.165, 1.54) is 6.07 Å². The first-order chi connectivity index (χ1) is 12.0. The molecule has 1 N–H and O–H groups in total. The number of nitrogens with one attached hydrogen (secondary N) is 1. The van der Waals surface area contributed by atoms with Gasteiger partial charge >= 0.3 is 6.61 Å². The topological polar surface area (TPSA) is 49.8 Å². The molecule has 0 spiro atoms. The highest BCUT2D eigenvalue weighted by Crippen LogP contribution is 2.16. The van der Waals surface area contributed by atoms with Crippen molar-refractivity contribution in [2.45, 2.75) is 33.5 Å². The van der Waals surface area contributed by atoms with Crippen LogP contribution in [-0.4, -0.2) is 36.0 Å². The van der Waals surface area contributed by atoms with Crippen LogP contribution in [0.25, 0.3) is 0 Å². The number of thiazole rings is 1. The van der Waals surface area contributed by atoms with Crippen molar-refractivity contribution in [3.63, 3.8) is 0 Å². The molecule has 0 atom stereocenters. The molecule has 0 unspecified atom stereocenters. The molecule has 0 aliphatic heterocycles. The summed E-state index contributed by atoms with van der Waals surface area (Å²) in [6.45, 7) is 2.88. The number of halogens is 3. The number of hydrogen-bond donors (Lipinski definition) is 1. The van der Waals surface area contributed by atoms with Crippen LogP contribution in [0, 0.1) is 6.92 Å². The van der Waals surface area contributed by atoms with Gasteiger partial charge in [0.25, 0.3) is 0 Å². The van der Waals surface area contributed by atoms with E-state index in [4.69, 9.17) is 0 Å². The number of benzene rings is 1. The highest BCUT2D eigenvalue weighted by atomic mass is 127. The summed E-state index contributed by atoms with van der Waals surface area (Å²) >= 11 is 1.61. The second-order valence-electron chi connectivity index (χ2n) is 5.41. The second kappa shape index (κ2) is 11.3. The molecule has 1 aromatic heterocycles. The van der Waals surface area contributed by atoms with Gasteiger partial charge in [-0.1, -0.05) is 12.1 Å². The van der Waals surface area contributed by atoms with E-state index in [0.717, 1.165) is 28.8 Å².